The van der Waals surface area contributed by atoms with Crippen molar-refractivity contribution in [3.63, 3.8) is 0 Å². The van der Waals surface area contributed by atoms with E-state index in [-0.39, 0.29) is 0 Å². The van der Waals surface area contributed by atoms with Crippen molar-refractivity contribution < 1.29 is 0 Å². The summed E-state index contributed by atoms with van der Waals surface area (Å²) in [6.45, 7) is 2.28. The van der Waals surface area contributed by atoms with Crippen molar-refractivity contribution in [3.05, 3.63) is 22.5 Å². The van der Waals surface area contributed by atoms with Gasteiger partial charge in [-0.25, -0.2) is 0 Å². The van der Waals surface area contributed by atoms with E-state index in [1.165, 1.54) is 89.9 Å². The minimum absolute atomic E-state index is 0.801. The van der Waals surface area contributed by atoms with Gasteiger partial charge in [0.15, 0.2) is 0 Å². The van der Waals surface area contributed by atoms with E-state index < -0.39 is 0 Å². The number of hydrogen-bond donors (Lipinski definition) is 0. The third kappa shape index (κ3) is 6.05. The lowest BCUT2D eigenvalue weighted by Gasteiger charge is -2.03. The summed E-state index contributed by atoms with van der Waals surface area (Å²) in [5.74, 6) is 0. The Morgan fingerprint density at radius 1 is 0.714 bits per heavy atom. The van der Waals surface area contributed by atoms with Crippen LogP contribution in [0.3, 0.4) is 0 Å². The molecule has 28 heavy (non-hydrogen) atoms. The number of hydrogen-bond acceptors (Lipinski definition) is 5. The number of pyridine rings is 1. The SMILES string of the molecule is CCCCCCCCCCCCCCCCC1=c2ncc3c(c2N=N1)C=NN=3. The molecule has 152 valence electrons. The lowest BCUT2D eigenvalue weighted by Crippen LogP contribution is -2.17. The minimum atomic E-state index is 0.801. The first kappa shape index (κ1) is 20.8. The quantitative estimate of drug-likeness (QED) is 0.337. The van der Waals surface area contributed by atoms with E-state index in [1.807, 2.05) is 0 Å². The fourth-order valence-electron chi connectivity index (χ4n) is 3.99. The Morgan fingerprint density at radius 2 is 1.32 bits per heavy atom. The van der Waals surface area contributed by atoms with Crippen LogP contribution in [0.2, 0.25) is 0 Å². The standard InChI is InChI=1S/C23H35N5/c1-2-3-4-5-6-7-8-9-10-11-12-13-14-15-16-20-23-22(28-27-20)19-17-25-26-21(19)18-24-23/h17-18H,2-16H2,1H3. The Morgan fingerprint density at radius 3 is 1.96 bits per heavy atom. The van der Waals surface area contributed by atoms with Crippen molar-refractivity contribution >= 4 is 17.6 Å². The van der Waals surface area contributed by atoms with Crippen LogP contribution in [-0.4, -0.2) is 11.2 Å². The molecule has 0 fully saturated rings. The molecule has 0 N–H and O–H groups in total. The van der Waals surface area contributed by atoms with Gasteiger partial charge in [-0.1, -0.05) is 90.4 Å². The lowest BCUT2D eigenvalue weighted by molar-refractivity contribution is 0.536. The molecule has 5 nitrogen and oxygen atoms in total. The molecule has 0 unspecified atom stereocenters. The number of aromatic nitrogens is 1. The molecule has 0 spiro atoms. The number of azo groups is 1. The molecule has 0 saturated heterocycles. The Kier molecular flexibility index (Phi) is 8.79. The molecule has 3 rings (SSSR count). The van der Waals surface area contributed by atoms with E-state index in [1.54, 1.807) is 12.4 Å². The van der Waals surface area contributed by atoms with E-state index in [2.05, 4.69) is 32.3 Å². The van der Waals surface area contributed by atoms with Crippen molar-refractivity contribution in [2.75, 3.05) is 0 Å². The maximum Gasteiger partial charge on any atom is 0.124 e. The molecule has 2 aliphatic heterocycles. The maximum absolute atomic E-state index is 4.50. The number of fused-ring (bicyclic) bond motifs is 3. The molecular formula is C23H35N5. The average Bonchev–Trinajstić information content (AvgIpc) is 3.34. The summed E-state index contributed by atoms with van der Waals surface area (Å²) in [5.41, 5.74) is 2.84. The fraction of sp³-hybridized carbons (Fsp3) is 0.696. The van der Waals surface area contributed by atoms with Gasteiger partial charge >= 0.3 is 0 Å². The van der Waals surface area contributed by atoms with Crippen LogP contribution in [0.15, 0.2) is 26.6 Å². The molecule has 0 radical (unpaired) electrons. The highest BCUT2D eigenvalue weighted by Crippen LogP contribution is 2.23. The second kappa shape index (κ2) is 11.8. The summed E-state index contributed by atoms with van der Waals surface area (Å²) in [6.07, 6.45) is 23.8. The van der Waals surface area contributed by atoms with E-state index >= 15 is 0 Å². The van der Waals surface area contributed by atoms with Gasteiger partial charge < -0.3 is 0 Å². The second-order valence-corrected chi connectivity index (χ2v) is 8.09. The van der Waals surface area contributed by atoms with Gasteiger partial charge in [-0.05, 0) is 12.8 Å². The van der Waals surface area contributed by atoms with Gasteiger partial charge in [0.2, 0.25) is 0 Å². The molecule has 1 aromatic heterocycles. The largest absolute Gasteiger partial charge is 0.250 e. The summed E-state index contributed by atoms with van der Waals surface area (Å²) >= 11 is 0. The van der Waals surface area contributed by atoms with Gasteiger partial charge in [-0.15, -0.1) is 10.2 Å². The average molecular weight is 382 g/mol. The molecule has 3 heterocycles. The Hall–Kier alpha value is -1.91. The fourth-order valence-corrected chi connectivity index (χ4v) is 3.99. The van der Waals surface area contributed by atoms with Crippen LogP contribution < -0.4 is 10.7 Å². The van der Waals surface area contributed by atoms with Gasteiger partial charge in [0.05, 0.1) is 23.7 Å². The van der Waals surface area contributed by atoms with Crippen molar-refractivity contribution in [2.24, 2.45) is 20.4 Å². The van der Waals surface area contributed by atoms with E-state index in [4.69, 9.17) is 0 Å². The van der Waals surface area contributed by atoms with Gasteiger partial charge in [-0.2, -0.15) is 10.2 Å². The highest BCUT2D eigenvalue weighted by molar-refractivity contribution is 5.88. The van der Waals surface area contributed by atoms with E-state index in [0.29, 0.717) is 0 Å². The number of rotatable bonds is 15. The zero-order valence-corrected chi connectivity index (χ0v) is 17.5. The molecule has 0 atom stereocenters. The molecule has 0 aromatic carbocycles. The van der Waals surface area contributed by atoms with E-state index in [0.717, 1.165) is 34.1 Å². The molecule has 0 amide bonds. The van der Waals surface area contributed by atoms with Crippen LogP contribution in [0.5, 0.6) is 0 Å². The van der Waals surface area contributed by atoms with Crippen LogP contribution in [0, 0.1) is 0 Å². The molecule has 0 aliphatic carbocycles. The Labute approximate surface area is 169 Å². The third-order valence-corrected chi connectivity index (χ3v) is 5.73. The minimum Gasteiger partial charge on any atom is -0.250 e. The van der Waals surface area contributed by atoms with Crippen LogP contribution >= 0.6 is 0 Å². The summed E-state index contributed by atoms with van der Waals surface area (Å²) < 4.78 is 0. The summed E-state index contributed by atoms with van der Waals surface area (Å²) in [6, 6.07) is 0. The summed E-state index contributed by atoms with van der Waals surface area (Å²) in [4.78, 5) is 4.50. The lowest BCUT2D eigenvalue weighted by atomic mass is 10.0. The van der Waals surface area contributed by atoms with Crippen molar-refractivity contribution in [1.82, 2.24) is 4.98 Å². The predicted molar refractivity (Wildman–Crippen MR) is 115 cm³/mol. The van der Waals surface area contributed by atoms with Crippen molar-refractivity contribution in [1.29, 1.82) is 0 Å². The molecular weight excluding hydrogens is 346 g/mol. The van der Waals surface area contributed by atoms with Crippen LogP contribution in [-0.2, 0) is 0 Å². The Balaban J connectivity index is 1.21. The highest BCUT2D eigenvalue weighted by Gasteiger charge is 2.16. The normalized spacial score (nSPS) is 13.8. The molecule has 1 aromatic rings. The summed E-state index contributed by atoms with van der Waals surface area (Å²) in [7, 11) is 0. The van der Waals surface area contributed by atoms with Crippen LogP contribution in [0.4, 0.5) is 5.69 Å². The van der Waals surface area contributed by atoms with Gasteiger partial charge in [-0.3, -0.25) is 4.98 Å². The topological polar surface area (TPSA) is 62.3 Å². The smallest absolute Gasteiger partial charge is 0.124 e. The van der Waals surface area contributed by atoms with Gasteiger partial charge in [0, 0.05) is 0 Å². The maximum atomic E-state index is 4.50. The second-order valence-electron chi connectivity index (χ2n) is 8.09. The van der Waals surface area contributed by atoms with Crippen LogP contribution in [0.25, 0.3) is 5.70 Å². The predicted octanol–water partition coefficient (Wildman–Crippen LogP) is 6.13. The zero-order chi connectivity index (χ0) is 19.4. The van der Waals surface area contributed by atoms with Gasteiger partial charge in [0.25, 0.3) is 0 Å². The van der Waals surface area contributed by atoms with E-state index in [9.17, 15) is 0 Å². The first-order valence-electron chi connectivity index (χ1n) is 11.4. The molecule has 2 aliphatic rings. The molecule has 0 saturated carbocycles. The highest BCUT2D eigenvalue weighted by atomic mass is 15.2. The van der Waals surface area contributed by atoms with Crippen molar-refractivity contribution in [2.45, 2.75) is 103 Å². The number of unbranched alkanes of at least 4 members (excludes halogenated alkanes) is 13. The molecule has 0 bridgehead atoms. The number of nitrogens with zero attached hydrogens (tertiary/aromatic N) is 5. The first-order chi connectivity index (χ1) is 13.9. The van der Waals surface area contributed by atoms with Gasteiger partial charge in [0.1, 0.15) is 16.4 Å². The Bertz CT molecular complexity index is 794. The monoisotopic (exact) mass is 381 g/mol. The third-order valence-electron chi connectivity index (χ3n) is 5.73. The summed E-state index contributed by atoms with van der Waals surface area (Å²) in [5, 5.41) is 18.4. The van der Waals surface area contributed by atoms with Crippen LogP contribution in [0.1, 0.15) is 109 Å². The molecule has 5 heteroatoms. The zero-order valence-electron chi connectivity index (χ0n) is 17.5. The first-order valence-corrected chi connectivity index (χ1v) is 11.4. The van der Waals surface area contributed by atoms with Crippen molar-refractivity contribution in [3.8, 4) is 0 Å².